The van der Waals surface area contributed by atoms with E-state index in [1.54, 1.807) is 45.6 Å². The number of ether oxygens (including phenoxy) is 3. The molecule has 1 heterocycles. The molecule has 0 aliphatic carbocycles. The fourth-order valence-corrected chi connectivity index (χ4v) is 2.10. The molecule has 0 spiro atoms. The van der Waals surface area contributed by atoms with Gasteiger partial charge >= 0.3 is 0 Å². The van der Waals surface area contributed by atoms with Gasteiger partial charge in [-0.1, -0.05) is 5.16 Å². The van der Waals surface area contributed by atoms with Crippen LogP contribution in [0.4, 0.5) is 0 Å². The minimum Gasteiger partial charge on any atom is -0.493 e. The van der Waals surface area contributed by atoms with Crippen molar-refractivity contribution in [2.24, 2.45) is 0 Å². The lowest BCUT2D eigenvalue weighted by Crippen LogP contribution is -2.35. The first-order valence-corrected chi connectivity index (χ1v) is 7.08. The summed E-state index contributed by atoms with van der Waals surface area (Å²) in [4.78, 5) is 12.1. The van der Waals surface area contributed by atoms with E-state index in [0.717, 1.165) is 5.56 Å². The summed E-state index contributed by atoms with van der Waals surface area (Å²) in [5.41, 5.74) is 0.942. The third kappa shape index (κ3) is 4.01. The largest absolute Gasteiger partial charge is 0.493 e. The summed E-state index contributed by atoms with van der Waals surface area (Å²) in [6, 6.07) is 6.78. The van der Waals surface area contributed by atoms with Crippen LogP contribution in [-0.2, 0) is 4.74 Å². The normalized spacial score (nSPS) is 11.8. The van der Waals surface area contributed by atoms with Crippen molar-refractivity contribution in [2.45, 2.75) is 13.0 Å². The third-order valence-electron chi connectivity index (χ3n) is 3.21. The maximum atomic E-state index is 12.1. The van der Waals surface area contributed by atoms with Crippen LogP contribution in [0.5, 0.6) is 11.5 Å². The van der Waals surface area contributed by atoms with Crippen molar-refractivity contribution in [1.29, 1.82) is 0 Å². The number of carbonyl (C=O) groups is 1. The molecule has 7 nitrogen and oxygen atoms in total. The van der Waals surface area contributed by atoms with E-state index < -0.39 is 0 Å². The summed E-state index contributed by atoms with van der Waals surface area (Å²) < 4.78 is 20.7. The number of methoxy groups -OCH3 is 3. The Morgan fingerprint density at radius 2 is 1.96 bits per heavy atom. The van der Waals surface area contributed by atoms with Crippen molar-refractivity contribution in [1.82, 2.24) is 10.5 Å². The van der Waals surface area contributed by atoms with E-state index in [-0.39, 0.29) is 17.6 Å². The van der Waals surface area contributed by atoms with Crippen molar-refractivity contribution in [3.8, 4) is 22.8 Å². The highest BCUT2D eigenvalue weighted by atomic mass is 16.5. The fourth-order valence-electron chi connectivity index (χ4n) is 2.10. The van der Waals surface area contributed by atoms with Gasteiger partial charge in [-0.25, -0.2) is 0 Å². The summed E-state index contributed by atoms with van der Waals surface area (Å²) in [6.45, 7) is 2.27. The highest BCUT2D eigenvalue weighted by Crippen LogP contribution is 2.32. The first kappa shape index (κ1) is 16.8. The minimum absolute atomic E-state index is 0.117. The lowest BCUT2D eigenvalue weighted by Gasteiger charge is -2.10. The SMILES string of the molecule is COC[C@@H](C)NC(=O)c1cc(-c2ccc(OC)c(OC)c2)on1. The van der Waals surface area contributed by atoms with Gasteiger partial charge in [0.2, 0.25) is 0 Å². The monoisotopic (exact) mass is 320 g/mol. The van der Waals surface area contributed by atoms with Crippen molar-refractivity contribution >= 4 is 5.91 Å². The van der Waals surface area contributed by atoms with Crippen molar-refractivity contribution < 1.29 is 23.5 Å². The molecular weight excluding hydrogens is 300 g/mol. The lowest BCUT2D eigenvalue weighted by atomic mass is 10.1. The minimum atomic E-state index is -0.315. The Bertz CT molecular complexity index is 668. The molecular formula is C16H20N2O5. The van der Waals surface area contributed by atoms with Crippen LogP contribution in [0.3, 0.4) is 0 Å². The standard InChI is InChI=1S/C16H20N2O5/c1-10(9-20-2)17-16(19)12-8-14(23-18-12)11-5-6-13(21-3)15(7-11)22-4/h5-8,10H,9H2,1-4H3,(H,17,19)/t10-/m1/s1. The van der Waals surface area contributed by atoms with Gasteiger partial charge in [0.15, 0.2) is 23.0 Å². The number of carbonyl (C=O) groups excluding carboxylic acids is 1. The molecule has 0 radical (unpaired) electrons. The van der Waals surface area contributed by atoms with E-state index in [1.165, 1.54) is 0 Å². The summed E-state index contributed by atoms with van der Waals surface area (Å²) >= 11 is 0. The smallest absolute Gasteiger partial charge is 0.273 e. The lowest BCUT2D eigenvalue weighted by molar-refractivity contribution is 0.0896. The van der Waals surface area contributed by atoms with Crippen LogP contribution in [0.2, 0.25) is 0 Å². The Kier molecular flexibility index (Phi) is 5.59. The Morgan fingerprint density at radius 1 is 1.22 bits per heavy atom. The predicted octanol–water partition coefficient (Wildman–Crippen LogP) is 2.12. The molecule has 0 fully saturated rings. The molecule has 0 unspecified atom stereocenters. The average molecular weight is 320 g/mol. The highest BCUT2D eigenvalue weighted by molar-refractivity contribution is 5.93. The second kappa shape index (κ2) is 7.64. The number of aromatic nitrogens is 1. The zero-order valence-corrected chi connectivity index (χ0v) is 13.6. The van der Waals surface area contributed by atoms with Crippen molar-refractivity contribution in [2.75, 3.05) is 27.9 Å². The van der Waals surface area contributed by atoms with Gasteiger partial charge in [-0.3, -0.25) is 4.79 Å². The molecule has 7 heteroatoms. The second-order valence-electron chi connectivity index (χ2n) is 4.98. The number of hydrogen-bond acceptors (Lipinski definition) is 6. The molecule has 0 saturated heterocycles. The number of hydrogen-bond donors (Lipinski definition) is 1. The zero-order valence-electron chi connectivity index (χ0n) is 13.6. The molecule has 0 aliphatic rings. The number of rotatable bonds is 7. The summed E-state index contributed by atoms with van der Waals surface area (Å²) in [7, 11) is 4.70. The van der Waals surface area contributed by atoms with Gasteiger partial charge in [-0.15, -0.1) is 0 Å². The van der Waals surface area contributed by atoms with E-state index in [9.17, 15) is 4.79 Å². The molecule has 1 N–H and O–H groups in total. The van der Waals surface area contributed by atoms with E-state index in [4.69, 9.17) is 18.7 Å². The molecule has 2 rings (SSSR count). The molecule has 2 aromatic rings. The molecule has 124 valence electrons. The van der Waals surface area contributed by atoms with E-state index in [2.05, 4.69) is 10.5 Å². The van der Waals surface area contributed by atoms with Crippen LogP contribution >= 0.6 is 0 Å². The highest BCUT2D eigenvalue weighted by Gasteiger charge is 2.16. The maximum absolute atomic E-state index is 12.1. The second-order valence-corrected chi connectivity index (χ2v) is 4.98. The van der Waals surface area contributed by atoms with Gasteiger partial charge in [0, 0.05) is 24.8 Å². The van der Waals surface area contributed by atoms with Crippen LogP contribution < -0.4 is 14.8 Å². The Morgan fingerprint density at radius 3 is 2.61 bits per heavy atom. The zero-order chi connectivity index (χ0) is 16.8. The molecule has 0 aliphatic heterocycles. The van der Waals surface area contributed by atoms with Crippen LogP contribution in [0.25, 0.3) is 11.3 Å². The molecule has 0 bridgehead atoms. The summed E-state index contributed by atoms with van der Waals surface area (Å²) in [5.74, 6) is 1.34. The Labute approximate surface area is 134 Å². The first-order valence-electron chi connectivity index (χ1n) is 7.08. The fraction of sp³-hybridized carbons (Fsp3) is 0.375. The predicted molar refractivity (Wildman–Crippen MR) is 83.8 cm³/mol. The molecule has 1 amide bonds. The maximum Gasteiger partial charge on any atom is 0.273 e. The van der Waals surface area contributed by atoms with Gasteiger partial charge in [-0.05, 0) is 25.1 Å². The van der Waals surface area contributed by atoms with Crippen molar-refractivity contribution in [3.63, 3.8) is 0 Å². The van der Waals surface area contributed by atoms with Gasteiger partial charge < -0.3 is 24.1 Å². The third-order valence-corrected chi connectivity index (χ3v) is 3.21. The van der Waals surface area contributed by atoms with E-state index in [1.807, 2.05) is 6.92 Å². The van der Waals surface area contributed by atoms with Gasteiger partial charge in [0.1, 0.15) is 0 Å². The number of benzene rings is 1. The quantitative estimate of drug-likeness (QED) is 0.841. The van der Waals surface area contributed by atoms with Crippen LogP contribution in [-0.4, -0.2) is 45.0 Å². The van der Waals surface area contributed by atoms with Crippen LogP contribution in [0.1, 0.15) is 17.4 Å². The molecule has 23 heavy (non-hydrogen) atoms. The first-order chi connectivity index (χ1) is 11.1. The Balaban J connectivity index is 2.17. The van der Waals surface area contributed by atoms with Gasteiger partial charge in [-0.2, -0.15) is 0 Å². The number of nitrogens with one attached hydrogen (secondary N) is 1. The topological polar surface area (TPSA) is 82.8 Å². The van der Waals surface area contributed by atoms with Crippen LogP contribution in [0, 0.1) is 0 Å². The van der Waals surface area contributed by atoms with Crippen LogP contribution in [0.15, 0.2) is 28.8 Å². The number of amides is 1. The molecule has 1 aromatic heterocycles. The van der Waals surface area contributed by atoms with E-state index in [0.29, 0.717) is 23.9 Å². The van der Waals surface area contributed by atoms with E-state index >= 15 is 0 Å². The number of nitrogens with zero attached hydrogens (tertiary/aromatic N) is 1. The summed E-state index contributed by atoms with van der Waals surface area (Å²) in [6.07, 6.45) is 0. The van der Waals surface area contributed by atoms with Crippen molar-refractivity contribution in [3.05, 3.63) is 30.0 Å². The molecule has 0 saturated carbocycles. The Hall–Kier alpha value is -2.54. The van der Waals surface area contributed by atoms with Gasteiger partial charge in [0.25, 0.3) is 5.91 Å². The molecule has 1 aromatic carbocycles. The summed E-state index contributed by atoms with van der Waals surface area (Å²) in [5, 5.41) is 6.58. The molecule has 1 atom stereocenters. The average Bonchev–Trinajstić information content (AvgIpc) is 3.04. The van der Waals surface area contributed by atoms with Gasteiger partial charge in [0.05, 0.1) is 20.8 Å².